The largest absolute Gasteiger partial charge is 0.492 e. The van der Waals surface area contributed by atoms with Gasteiger partial charge in [-0.05, 0) is 75.9 Å². The van der Waals surface area contributed by atoms with E-state index >= 15 is 0 Å². The van der Waals surface area contributed by atoms with Crippen molar-refractivity contribution < 1.29 is 9.13 Å². The van der Waals surface area contributed by atoms with Crippen LogP contribution >= 0.6 is 0 Å². The molecule has 1 aliphatic rings. The zero-order valence-corrected chi connectivity index (χ0v) is 24.1. The van der Waals surface area contributed by atoms with Crippen LogP contribution < -0.4 is 4.74 Å². The van der Waals surface area contributed by atoms with Crippen LogP contribution in [0.3, 0.4) is 0 Å². The molecule has 2 N–H and O–H groups in total. The van der Waals surface area contributed by atoms with E-state index in [-0.39, 0.29) is 5.82 Å². The first-order valence-electron chi connectivity index (χ1n) is 14.4. The maximum absolute atomic E-state index is 14.7. The summed E-state index contributed by atoms with van der Waals surface area (Å²) in [4.78, 5) is 26.4. The smallest absolute Gasteiger partial charge is 0.159 e. The third-order valence-electron chi connectivity index (χ3n) is 7.68. The van der Waals surface area contributed by atoms with Gasteiger partial charge in [-0.3, -0.25) is 25.0 Å². The first-order chi connectivity index (χ1) is 21.0. The van der Waals surface area contributed by atoms with Gasteiger partial charge in [0.15, 0.2) is 5.82 Å². The highest BCUT2D eigenvalue weighted by molar-refractivity contribution is 5.96. The van der Waals surface area contributed by atoms with Crippen molar-refractivity contribution in [3.05, 3.63) is 72.6 Å². The number of H-pyrrole nitrogens is 2. The SMILES string of the molecule is CN(C)Cc1cncc(-c2cc3c(-c4nc5c(-c6cc(F)cc(OCCN7CCCC7)c6)nccc5[nH]4)n[nH]c3cn2)c1. The Kier molecular flexibility index (Phi) is 7.25. The molecule has 10 nitrogen and oxygen atoms in total. The summed E-state index contributed by atoms with van der Waals surface area (Å²) in [7, 11) is 4.06. The van der Waals surface area contributed by atoms with Crippen molar-refractivity contribution >= 4 is 21.9 Å². The number of imidazole rings is 1. The van der Waals surface area contributed by atoms with Gasteiger partial charge in [-0.25, -0.2) is 9.37 Å². The molecule has 43 heavy (non-hydrogen) atoms. The van der Waals surface area contributed by atoms with Gasteiger partial charge < -0.3 is 14.6 Å². The molecule has 0 atom stereocenters. The molecular formula is C32H32FN9O. The molecule has 1 fully saturated rings. The van der Waals surface area contributed by atoms with E-state index in [2.05, 4.69) is 46.0 Å². The van der Waals surface area contributed by atoms with Gasteiger partial charge in [-0.15, -0.1) is 0 Å². The first-order valence-corrected chi connectivity index (χ1v) is 14.4. The topological polar surface area (TPSA) is 112 Å². The predicted molar refractivity (Wildman–Crippen MR) is 164 cm³/mol. The fraction of sp³-hybridized carbons (Fsp3) is 0.281. The maximum Gasteiger partial charge on any atom is 0.159 e. The van der Waals surface area contributed by atoms with E-state index in [9.17, 15) is 4.39 Å². The minimum atomic E-state index is -0.384. The van der Waals surface area contributed by atoms with Crippen LogP contribution in [0.25, 0.3) is 56.0 Å². The fourth-order valence-corrected chi connectivity index (χ4v) is 5.67. The second-order valence-electron chi connectivity index (χ2n) is 11.2. The zero-order chi connectivity index (χ0) is 29.3. The number of fused-ring (bicyclic) bond motifs is 2. The molecule has 218 valence electrons. The highest BCUT2D eigenvalue weighted by atomic mass is 19.1. The second-order valence-corrected chi connectivity index (χ2v) is 11.2. The van der Waals surface area contributed by atoms with Crippen LogP contribution in [0, 0.1) is 5.82 Å². The predicted octanol–water partition coefficient (Wildman–Crippen LogP) is 5.30. The standard InChI is InChI=1S/C32H32FN9O/c1-41(2)19-20-11-22(17-34-16-20)27-15-25-28(18-36-27)39-40-30(25)32-37-26-5-6-35-29(31(26)38-32)21-12-23(33)14-24(13-21)43-10-9-42-7-3-4-8-42/h5-6,11-18H,3-4,7-10,19H2,1-2H3,(H,37,38)(H,39,40). The molecule has 0 bridgehead atoms. The molecule has 1 aromatic carbocycles. The lowest BCUT2D eigenvalue weighted by molar-refractivity contribution is 0.237. The molecule has 0 aliphatic carbocycles. The normalized spacial score (nSPS) is 14.0. The summed E-state index contributed by atoms with van der Waals surface area (Å²) in [6.07, 6.45) is 9.59. The molecule has 6 heterocycles. The number of likely N-dealkylation sites (tertiary alicyclic amines) is 1. The van der Waals surface area contributed by atoms with Crippen LogP contribution in [-0.2, 0) is 6.54 Å². The number of aromatic nitrogens is 7. The van der Waals surface area contributed by atoms with Crippen LogP contribution in [0.4, 0.5) is 4.39 Å². The summed E-state index contributed by atoms with van der Waals surface area (Å²) >= 11 is 0. The number of nitrogens with one attached hydrogen (secondary N) is 2. The van der Waals surface area contributed by atoms with Gasteiger partial charge in [-0.1, -0.05) is 0 Å². The first kappa shape index (κ1) is 27.1. The van der Waals surface area contributed by atoms with Crippen molar-refractivity contribution in [1.29, 1.82) is 0 Å². The Labute approximate surface area is 248 Å². The molecule has 6 aromatic rings. The maximum atomic E-state index is 14.7. The summed E-state index contributed by atoms with van der Waals surface area (Å²) < 4.78 is 20.7. The number of benzene rings is 1. The van der Waals surface area contributed by atoms with E-state index in [1.807, 2.05) is 44.7 Å². The number of hydrogen-bond donors (Lipinski definition) is 2. The average molecular weight is 578 g/mol. The lowest BCUT2D eigenvalue weighted by atomic mass is 10.1. The Morgan fingerprint density at radius 1 is 0.953 bits per heavy atom. The van der Waals surface area contributed by atoms with Crippen molar-refractivity contribution in [2.45, 2.75) is 19.4 Å². The van der Waals surface area contributed by atoms with Crippen LogP contribution in [0.5, 0.6) is 5.75 Å². The zero-order valence-electron chi connectivity index (χ0n) is 24.1. The van der Waals surface area contributed by atoms with E-state index in [0.717, 1.165) is 59.4 Å². The van der Waals surface area contributed by atoms with E-state index in [1.54, 1.807) is 12.4 Å². The minimum absolute atomic E-state index is 0.384. The number of halogens is 1. The van der Waals surface area contributed by atoms with Gasteiger partial charge in [0.25, 0.3) is 0 Å². The van der Waals surface area contributed by atoms with Gasteiger partial charge in [0.05, 0.1) is 28.6 Å². The van der Waals surface area contributed by atoms with Crippen molar-refractivity contribution in [2.75, 3.05) is 40.3 Å². The minimum Gasteiger partial charge on any atom is -0.492 e. The van der Waals surface area contributed by atoms with Crippen LogP contribution in [0.2, 0.25) is 0 Å². The van der Waals surface area contributed by atoms with Crippen LogP contribution in [0.1, 0.15) is 18.4 Å². The van der Waals surface area contributed by atoms with Crippen molar-refractivity contribution in [2.24, 2.45) is 0 Å². The molecule has 5 aromatic heterocycles. The monoisotopic (exact) mass is 577 g/mol. The summed E-state index contributed by atoms with van der Waals surface area (Å²) in [6.45, 7) is 4.30. The molecule has 0 radical (unpaired) electrons. The lowest BCUT2D eigenvalue weighted by Crippen LogP contribution is -2.25. The summed E-state index contributed by atoms with van der Waals surface area (Å²) in [5, 5.41) is 8.50. The average Bonchev–Trinajstić information content (AvgIpc) is 3.76. The summed E-state index contributed by atoms with van der Waals surface area (Å²) in [6, 6.07) is 10.6. The Bertz CT molecular complexity index is 1910. The molecule has 0 amide bonds. The quantitative estimate of drug-likeness (QED) is 0.238. The van der Waals surface area contributed by atoms with E-state index in [1.165, 1.54) is 25.0 Å². The summed E-state index contributed by atoms with van der Waals surface area (Å²) in [5.74, 6) is 0.669. The van der Waals surface area contributed by atoms with Crippen LogP contribution in [0.15, 0.2) is 61.2 Å². The highest BCUT2D eigenvalue weighted by Gasteiger charge is 2.18. The Balaban J connectivity index is 1.21. The number of aromatic amines is 2. The van der Waals surface area contributed by atoms with E-state index in [0.29, 0.717) is 40.6 Å². The lowest BCUT2D eigenvalue weighted by Gasteiger charge is -2.15. The fourth-order valence-electron chi connectivity index (χ4n) is 5.67. The van der Waals surface area contributed by atoms with E-state index in [4.69, 9.17) is 9.72 Å². The Morgan fingerprint density at radius 3 is 2.70 bits per heavy atom. The van der Waals surface area contributed by atoms with Crippen LogP contribution in [-0.4, -0.2) is 85.3 Å². The number of pyridine rings is 3. The number of nitrogens with zero attached hydrogens (tertiary/aromatic N) is 7. The molecule has 7 rings (SSSR count). The Hall–Kier alpha value is -4.74. The number of ether oxygens (including phenoxy) is 1. The molecule has 0 unspecified atom stereocenters. The van der Waals surface area contributed by atoms with Gasteiger partial charge in [0.2, 0.25) is 0 Å². The van der Waals surface area contributed by atoms with Gasteiger partial charge in [-0.2, -0.15) is 5.10 Å². The Morgan fingerprint density at radius 2 is 1.84 bits per heavy atom. The van der Waals surface area contributed by atoms with E-state index < -0.39 is 0 Å². The number of hydrogen-bond acceptors (Lipinski definition) is 8. The second kappa shape index (κ2) is 11.5. The number of rotatable bonds is 9. The third kappa shape index (κ3) is 5.69. The van der Waals surface area contributed by atoms with Crippen molar-refractivity contribution in [3.63, 3.8) is 0 Å². The summed E-state index contributed by atoms with van der Waals surface area (Å²) in [5.41, 5.74) is 6.82. The van der Waals surface area contributed by atoms with Gasteiger partial charge >= 0.3 is 0 Å². The van der Waals surface area contributed by atoms with Crippen molar-refractivity contribution in [1.82, 2.24) is 44.9 Å². The highest BCUT2D eigenvalue weighted by Crippen LogP contribution is 2.33. The third-order valence-corrected chi connectivity index (χ3v) is 7.68. The van der Waals surface area contributed by atoms with Gasteiger partial charge in [0, 0.05) is 54.3 Å². The van der Waals surface area contributed by atoms with Gasteiger partial charge in [0.1, 0.15) is 29.4 Å². The molecule has 0 spiro atoms. The molecule has 1 saturated heterocycles. The molecule has 0 saturated carbocycles. The van der Waals surface area contributed by atoms with Crippen molar-refractivity contribution in [3.8, 4) is 39.8 Å². The molecule has 11 heteroatoms. The molecular weight excluding hydrogens is 545 g/mol. The molecule has 1 aliphatic heterocycles.